The zero-order valence-corrected chi connectivity index (χ0v) is 19.5. The van der Waals surface area contributed by atoms with Crippen molar-refractivity contribution in [1.29, 1.82) is 0 Å². The van der Waals surface area contributed by atoms with Crippen LogP contribution in [0.25, 0.3) is 11.1 Å². The third-order valence-corrected chi connectivity index (χ3v) is 6.62. The zero-order chi connectivity index (χ0) is 23.9. The van der Waals surface area contributed by atoms with Crippen LogP contribution in [0.15, 0.2) is 48.5 Å². The number of hydrogen-bond acceptors (Lipinski definition) is 3. The summed E-state index contributed by atoms with van der Waals surface area (Å²) in [6, 6.07) is 15.3. The molecule has 2 amide bonds. The van der Waals surface area contributed by atoms with Crippen LogP contribution in [0, 0.1) is 0 Å². The van der Waals surface area contributed by atoms with Crippen LogP contribution in [0.2, 0.25) is 0 Å². The van der Waals surface area contributed by atoms with E-state index in [0.717, 1.165) is 73.9 Å². The molecule has 0 aromatic heterocycles. The predicted molar refractivity (Wildman–Crippen MR) is 134 cm³/mol. The maximum atomic E-state index is 13.5. The first-order valence-corrected chi connectivity index (χ1v) is 12.4. The van der Waals surface area contributed by atoms with Gasteiger partial charge in [-0.05, 0) is 25.0 Å². The molecule has 2 aromatic rings. The first-order valence-electron chi connectivity index (χ1n) is 12.4. The van der Waals surface area contributed by atoms with Crippen molar-refractivity contribution in [1.82, 2.24) is 0 Å². The van der Waals surface area contributed by atoms with E-state index < -0.39 is 5.97 Å². The Balaban J connectivity index is 1.31. The van der Waals surface area contributed by atoms with Crippen molar-refractivity contribution in [3.8, 4) is 0 Å². The molecule has 2 aliphatic heterocycles. The Labute approximate surface area is 200 Å². The second-order valence-corrected chi connectivity index (χ2v) is 9.05. The molecule has 6 nitrogen and oxygen atoms in total. The van der Waals surface area contributed by atoms with Crippen molar-refractivity contribution in [2.24, 2.45) is 0 Å². The lowest BCUT2D eigenvalue weighted by molar-refractivity contribution is -0.137. The third-order valence-electron chi connectivity index (χ3n) is 6.62. The number of unbranched alkanes of at least 4 members (excludes halogenated alkanes) is 8. The molecule has 2 aromatic carbocycles. The average molecular weight is 461 g/mol. The van der Waals surface area contributed by atoms with Gasteiger partial charge >= 0.3 is 5.97 Å². The number of rotatable bonds is 12. The minimum absolute atomic E-state index is 0.0931. The van der Waals surface area contributed by atoms with Crippen molar-refractivity contribution in [2.45, 2.75) is 64.2 Å². The average Bonchev–Trinajstić information content (AvgIpc) is 3.29. The van der Waals surface area contributed by atoms with Crippen LogP contribution in [-0.4, -0.2) is 29.4 Å². The smallest absolute Gasteiger partial charge is 0.303 e. The number of benzene rings is 2. The first kappa shape index (κ1) is 23.7. The largest absolute Gasteiger partial charge is 0.481 e. The Bertz CT molecular complexity index is 1110. The molecule has 34 heavy (non-hydrogen) atoms. The summed E-state index contributed by atoms with van der Waals surface area (Å²) >= 11 is 0. The van der Waals surface area contributed by atoms with Gasteiger partial charge in [0.25, 0.3) is 11.8 Å². The standard InChI is InChI=1S/C28H32N2O4/c31-24(32)18-8-6-4-2-1-3-5-7-13-19-30-23-17-12-10-15-21(23)26(28(30)34)25-20-14-9-11-16-22(20)29-27(25)33/h9-12,14-17H,1-8,13,18-19H2,(H,29,33)(H,31,32). The number of aliphatic carboxylic acids is 1. The van der Waals surface area contributed by atoms with Crippen LogP contribution in [0.1, 0.15) is 75.3 Å². The van der Waals surface area contributed by atoms with Crippen LogP contribution in [-0.2, 0) is 14.4 Å². The molecule has 6 heteroatoms. The van der Waals surface area contributed by atoms with Crippen molar-refractivity contribution in [3.63, 3.8) is 0 Å². The molecule has 0 saturated carbocycles. The number of fused-ring (bicyclic) bond motifs is 2. The monoisotopic (exact) mass is 460 g/mol. The summed E-state index contributed by atoms with van der Waals surface area (Å²) in [6.07, 6.45) is 9.72. The molecule has 2 heterocycles. The highest BCUT2D eigenvalue weighted by Gasteiger charge is 2.38. The maximum absolute atomic E-state index is 13.5. The molecule has 0 spiro atoms. The summed E-state index contributed by atoms with van der Waals surface area (Å²) in [5.74, 6) is -1.02. The summed E-state index contributed by atoms with van der Waals surface area (Å²) in [4.78, 5) is 38.6. The summed E-state index contributed by atoms with van der Waals surface area (Å²) < 4.78 is 0. The zero-order valence-electron chi connectivity index (χ0n) is 19.5. The number of nitrogens with zero attached hydrogens (tertiary/aromatic N) is 1. The van der Waals surface area contributed by atoms with E-state index in [2.05, 4.69) is 5.32 Å². The number of carbonyl (C=O) groups is 3. The van der Waals surface area contributed by atoms with Gasteiger partial charge in [0.2, 0.25) is 0 Å². The maximum Gasteiger partial charge on any atom is 0.303 e. The van der Waals surface area contributed by atoms with Gasteiger partial charge in [-0.25, -0.2) is 0 Å². The molecule has 0 radical (unpaired) electrons. The van der Waals surface area contributed by atoms with Crippen molar-refractivity contribution < 1.29 is 19.5 Å². The van der Waals surface area contributed by atoms with E-state index in [-0.39, 0.29) is 18.2 Å². The van der Waals surface area contributed by atoms with Crippen LogP contribution in [0.4, 0.5) is 11.4 Å². The van der Waals surface area contributed by atoms with Crippen molar-refractivity contribution >= 4 is 40.3 Å². The Hall–Kier alpha value is -3.41. The quantitative estimate of drug-likeness (QED) is 0.306. The molecule has 2 N–H and O–H groups in total. The normalized spacial score (nSPS) is 16.5. The van der Waals surface area contributed by atoms with Crippen LogP contribution < -0.4 is 10.2 Å². The van der Waals surface area contributed by atoms with Gasteiger partial charge in [-0.1, -0.05) is 81.3 Å². The van der Waals surface area contributed by atoms with Crippen LogP contribution in [0.5, 0.6) is 0 Å². The molecule has 0 unspecified atom stereocenters. The van der Waals surface area contributed by atoms with Crippen LogP contribution >= 0.6 is 0 Å². The lowest BCUT2D eigenvalue weighted by atomic mass is 9.96. The van der Waals surface area contributed by atoms with E-state index in [1.165, 1.54) is 6.42 Å². The van der Waals surface area contributed by atoms with Gasteiger partial charge in [-0.15, -0.1) is 0 Å². The highest BCUT2D eigenvalue weighted by atomic mass is 16.4. The van der Waals surface area contributed by atoms with Gasteiger partial charge in [-0.2, -0.15) is 0 Å². The van der Waals surface area contributed by atoms with Gasteiger partial charge in [0.1, 0.15) is 0 Å². The Morgan fingerprint density at radius 3 is 2.03 bits per heavy atom. The molecule has 0 atom stereocenters. The van der Waals surface area contributed by atoms with Crippen molar-refractivity contribution in [2.75, 3.05) is 16.8 Å². The SMILES string of the molecule is O=C(O)CCCCCCCCCCCN1C(=O)C(=C2C(=O)Nc3ccccc32)c2ccccc21. The van der Waals surface area contributed by atoms with Gasteiger partial charge in [-0.3, -0.25) is 14.4 Å². The van der Waals surface area contributed by atoms with E-state index in [1.807, 2.05) is 53.4 Å². The molecule has 0 fully saturated rings. The first-order chi connectivity index (χ1) is 16.6. The fraction of sp³-hybridized carbons (Fsp3) is 0.393. The Morgan fingerprint density at radius 2 is 1.32 bits per heavy atom. The van der Waals surface area contributed by atoms with Crippen molar-refractivity contribution in [3.05, 3.63) is 59.7 Å². The second kappa shape index (κ2) is 11.1. The molecule has 178 valence electrons. The number of amides is 2. The number of anilines is 2. The minimum atomic E-state index is -0.709. The molecule has 0 bridgehead atoms. The lowest BCUT2D eigenvalue weighted by Crippen LogP contribution is -2.28. The van der Waals surface area contributed by atoms with Gasteiger partial charge in [0.15, 0.2) is 0 Å². The molecular weight excluding hydrogens is 428 g/mol. The molecule has 0 aliphatic carbocycles. The number of nitrogens with one attached hydrogen (secondary N) is 1. The fourth-order valence-electron chi connectivity index (χ4n) is 4.89. The molecule has 2 aliphatic rings. The topological polar surface area (TPSA) is 86.7 Å². The van der Waals surface area contributed by atoms with Gasteiger partial charge in [0.05, 0.1) is 16.8 Å². The number of carboxylic acids is 1. The minimum Gasteiger partial charge on any atom is -0.481 e. The van der Waals surface area contributed by atoms with E-state index >= 15 is 0 Å². The summed E-state index contributed by atoms with van der Waals surface area (Å²) in [7, 11) is 0. The highest BCUT2D eigenvalue weighted by Crippen LogP contribution is 2.44. The number of carbonyl (C=O) groups excluding carboxylic acids is 2. The second-order valence-electron chi connectivity index (χ2n) is 9.05. The highest BCUT2D eigenvalue weighted by molar-refractivity contribution is 6.49. The number of carboxylic acid groups (broad SMARTS) is 1. The van der Waals surface area contributed by atoms with Gasteiger partial charge < -0.3 is 15.3 Å². The number of para-hydroxylation sites is 2. The molecule has 0 saturated heterocycles. The van der Waals surface area contributed by atoms with Gasteiger partial charge in [0, 0.05) is 29.8 Å². The third kappa shape index (κ3) is 5.22. The Kier molecular flexibility index (Phi) is 7.78. The predicted octanol–water partition coefficient (Wildman–Crippen LogP) is 5.88. The van der Waals surface area contributed by atoms with E-state index in [1.54, 1.807) is 0 Å². The molecule has 4 rings (SSSR count). The summed E-state index contributed by atoms with van der Waals surface area (Å²) in [6.45, 7) is 0.644. The van der Waals surface area contributed by atoms with E-state index in [9.17, 15) is 14.4 Å². The molecular formula is C28H32N2O4. The van der Waals surface area contributed by atoms with E-state index in [0.29, 0.717) is 17.7 Å². The number of hydrogen-bond donors (Lipinski definition) is 2. The van der Waals surface area contributed by atoms with Crippen LogP contribution in [0.3, 0.4) is 0 Å². The summed E-state index contributed by atoms with van der Waals surface area (Å²) in [5, 5.41) is 11.6. The fourth-order valence-corrected chi connectivity index (χ4v) is 4.89. The Morgan fingerprint density at radius 1 is 0.735 bits per heavy atom. The van der Waals surface area contributed by atoms with E-state index in [4.69, 9.17) is 5.11 Å². The lowest BCUT2D eigenvalue weighted by Gasteiger charge is -2.17. The summed E-state index contributed by atoms with van der Waals surface area (Å²) in [5.41, 5.74) is 4.22.